The van der Waals surface area contributed by atoms with Crippen LogP contribution in [0, 0.1) is 0 Å². The molecular weight excluding hydrogens is 318 g/mol. The summed E-state index contributed by atoms with van der Waals surface area (Å²) >= 11 is 0. The van der Waals surface area contributed by atoms with Crippen LogP contribution in [0.2, 0.25) is 0 Å². The molecule has 2 aliphatic rings. The van der Waals surface area contributed by atoms with E-state index in [0.29, 0.717) is 36.8 Å². The molecule has 0 saturated heterocycles. The van der Waals surface area contributed by atoms with E-state index in [2.05, 4.69) is 17.4 Å². The summed E-state index contributed by atoms with van der Waals surface area (Å²) < 4.78 is 17.0. The first-order valence-corrected chi connectivity index (χ1v) is 8.49. The number of rotatable bonds is 4. The lowest BCUT2D eigenvalue weighted by atomic mass is 9.99. The van der Waals surface area contributed by atoms with Crippen LogP contribution in [0.5, 0.6) is 11.5 Å². The maximum Gasteiger partial charge on any atom is 0.255 e. The molecule has 1 aliphatic heterocycles. The van der Waals surface area contributed by atoms with Crippen LogP contribution in [-0.2, 0) is 17.6 Å². The van der Waals surface area contributed by atoms with Crippen molar-refractivity contribution in [2.24, 2.45) is 0 Å². The third-order valence-electron chi connectivity index (χ3n) is 4.96. The third-order valence-corrected chi connectivity index (χ3v) is 4.96. The van der Waals surface area contributed by atoms with E-state index in [-0.39, 0.29) is 5.91 Å². The van der Waals surface area contributed by atoms with Crippen molar-refractivity contribution in [3.05, 3.63) is 59.2 Å². The molecule has 1 aliphatic carbocycles. The topological polar surface area (TPSA) is 56.8 Å². The number of carbonyl (C=O) groups excluding carboxylic acids is 1. The van der Waals surface area contributed by atoms with E-state index in [0.717, 1.165) is 12.8 Å². The highest BCUT2D eigenvalue weighted by atomic mass is 16.6. The first kappa shape index (κ1) is 16.0. The molecule has 5 heteroatoms. The summed E-state index contributed by atoms with van der Waals surface area (Å²) in [6, 6.07) is 13.7. The molecule has 1 amide bonds. The lowest BCUT2D eigenvalue weighted by Crippen LogP contribution is -2.45. The number of methoxy groups -OCH3 is 1. The van der Waals surface area contributed by atoms with E-state index < -0.39 is 5.60 Å². The second kappa shape index (κ2) is 6.41. The summed E-state index contributed by atoms with van der Waals surface area (Å²) in [5.74, 6) is 0.968. The molecule has 130 valence electrons. The van der Waals surface area contributed by atoms with Crippen molar-refractivity contribution in [2.75, 3.05) is 26.9 Å². The van der Waals surface area contributed by atoms with Crippen molar-refractivity contribution in [1.29, 1.82) is 0 Å². The zero-order valence-corrected chi connectivity index (χ0v) is 14.2. The highest BCUT2D eigenvalue weighted by Crippen LogP contribution is 2.34. The summed E-state index contributed by atoms with van der Waals surface area (Å²) in [6.07, 6.45) is 1.60. The minimum Gasteiger partial charge on any atom is -0.486 e. The van der Waals surface area contributed by atoms with Crippen LogP contribution in [0.4, 0.5) is 0 Å². The number of hydrogen-bond donors (Lipinski definition) is 1. The minimum absolute atomic E-state index is 0.172. The largest absolute Gasteiger partial charge is 0.486 e. The number of benzene rings is 2. The van der Waals surface area contributed by atoms with Gasteiger partial charge in [0.15, 0.2) is 11.5 Å². The first-order valence-electron chi connectivity index (χ1n) is 8.49. The highest BCUT2D eigenvalue weighted by Gasteiger charge is 2.37. The summed E-state index contributed by atoms with van der Waals surface area (Å²) in [7, 11) is 1.71. The number of nitrogens with one attached hydrogen (secondary N) is 1. The summed E-state index contributed by atoms with van der Waals surface area (Å²) in [6.45, 7) is 1.40. The molecule has 5 nitrogen and oxygen atoms in total. The van der Waals surface area contributed by atoms with Gasteiger partial charge in [0.25, 0.3) is 5.91 Å². The van der Waals surface area contributed by atoms with Crippen LogP contribution < -0.4 is 14.8 Å². The molecule has 25 heavy (non-hydrogen) atoms. The SMILES string of the molecule is COC1(CNC(=O)c2cccc3c2OCCO3)Cc2ccccc2C1. The van der Waals surface area contributed by atoms with Crippen molar-refractivity contribution >= 4 is 5.91 Å². The first-order chi connectivity index (χ1) is 12.2. The maximum atomic E-state index is 12.7. The van der Waals surface area contributed by atoms with E-state index in [9.17, 15) is 4.79 Å². The van der Waals surface area contributed by atoms with Crippen molar-refractivity contribution in [1.82, 2.24) is 5.32 Å². The fourth-order valence-electron chi connectivity index (χ4n) is 3.59. The van der Waals surface area contributed by atoms with E-state index in [4.69, 9.17) is 14.2 Å². The minimum atomic E-state index is -0.397. The van der Waals surface area contributed by atoms with Gasteiger partial charge in [-0.25, -0.2) is 0 Å². The van der Waals surface area contributed by atoms with Gasteiger partial charge in [-0.05, 0) is 23.3 Å². The Morgan fingerprint density at radius 3 is 2.52 bits per heavy atom. The van der Waals surface area contributed by atoms with Gasteiger partial charge in [0, 0.05) is 26.5 Å². The zero-order valence-electron chi connectivity index (χ0n) is 14.2. The number of hydrogen-bond acceptors (Lipinski definition) is 4. The van der Waals surface area contributed by atoms with Gasteiger partial charge in [-0.2, -0.15) is 0 Å². The Morgan fingerprint density at radius 1 is 1.08 bits per heavy atom. The van der Waals surface area contributed by atoms with E-state index >= 15 is 0 Å². The van der Waals surface area contributed by atoms with Gasteiger partial charge in [0.1, 0.15) is 13.2 Å². The number of ether oxygens (including phenoxy) is 3. The van der Waals surface area contributed by atoms with Gasteiger partial charge in [-0.15, -0.1) is 0 Å². The maximum absolute atomic E-state index is 12.7. The molecule has 0 fully saturated rings. The normalized spacial score (nSPS) is 17.0. The Morgan fingerprint density at radius 2 is 1.80 bits per heavy atom. The highest BCUT2D eigenvalue weighted by molar-refractivity contribution is 5.97. The molecule has 0 aromatic heterocycles. The second-order valence-electron chi connectivity index (χ2n) is 6.52. The summed E-state index contributed by atoms with van der Waals surface area (Å²) in [5, 5.41) is 3.02. The molecule has 2 aromatic carbocycles. The quantitative estimate of drug-likeness (QED) is 0.929. The van der Waals surface area contributed by atoms with E-state index in [1.54, 1.807) is 19.2 Å². The van der Waals surface area contributed by atoms with Crippen LogP contribution in [0.25, 0.3) is 0 Å². The van der Waals surface area contributed by atoms with E-state index in [1.165, 1.54) is 11.1 Å². The fourth-order valence-corrected chi connectivity index (χ4v) is 3.59. The van der Waals surface area contributed by atoms with Crippen molar-refractivity contribution in [3.8, 4) is 11.5 Å². The molecule has 1 heterocycles. The number of fused-ring (bicyclic) bond motifs is 2. The van der Waals surface area contributed by atoms with Gasteiger partial charge < -0.3 is 19.5 Å². The van der Waals surface area contributed by atoms with Crippen LogP contribution >= 0.6 is 0 Å². The number of amides is 1. The Kier molecular flexibility index (Phi) is 4.09. The lowest BCUT2D eigenvalue weighted by Gasteiger charge is -2.28. The lowest BCUT2D eigenvalue weighted by molar-refractivity contribution is 0.000134. The Bertz CT molecular complexity index is 777. The summed E-state index contributed by atoms with van der Waals surface area (Å²) in [4.78, 5) is 12.7. The Labute approximate surface area is 146 Å². The van der Waals surface area contributed by atoms with E-state index in [1.807, 2.05) is 18.2 Å². The molecule has 0 unspecified atom stereocenters. The molecule has 2 aromatic rings. The molecule has 0 radical (unpaired) electrons. The second-order valence-corrected chi connectivity index (χ2v) is 6.52. The van der Waals surface area contributed by atoms with Crippen LogP contribution in [0.1, 0.15) is 21.5 Å². The van der Waals surface area contributed by atoms with Gasteiger partial charge >= 0.3 is 0 Å². The molecular formula is C20H21NO4. The average molecular weight is 339 g/mol. The number of carbonyl (C=O) groups is 1. The van der Waals surface area contributed by atoms with Crippen molar-refractivity contribution < 1.29 is 19.0 Å². The monoisotopic (exact) mass is 339 g/mol. The van der Waals surface area contributed by atoms with Gasteiger partial charge in [-0.3, -0.25) is 4.79 Å². The fraction of sp³-hybridized carbons (Fsp3) is 0.350. The van der Waals surface area contributed by atoms with Crippen LogP contribution in [0.3, 0.4) is 0 Å². The molecule has 0 saturated carbocycles. The van der Waals surface area contributed by atoms with Crippen molar-refractivity contribution in [3.63, 3.8) is 0 Å². The predicted molar refractivity (Wildman–Crippen MR) is 93.4 cm³/mol. The summed E-state index contributed by atoms with van der Waals surface area (Å²) in [5.41, 5.74) is 2.67. The molecule has 0 spiro atoms. The third kappa shape index (κ3) is 2.96. The van der Waals surface area contributed by atoms with Gasteiger partial charge in [-0.1, -0.05) is 30.3 Å². The van der Waals surface area contributed by atoms with Crippen molar-refractivity contribution in [2.45, 2.75) is 18.4 Å². The average Bonchev–Trinajstić information content (AvgIpc) is 3.05. The van der Waals surface area contributed by atoms with Gasteiger partial charge in [0.05, 0.1) is 11.2 Å². The standard InChI is InChI=1S/C20H21NO4/c1-23-20(11-14-5-2-3-6-15(14)12-20)13-21-19(22)16-7-4-8-17-18(16)25-10-9-24-17/h2-8H,9-13H2,1H3,(H,21,22). The smallest absolute Gasteiger partial charge is 0.255 e. The molecule has 0 bridgehead atoms. The molecule has 4 rings (SSSR count). The molecule has 0 atom stereocenters. The van der Waals surface area contributed by atoms with Crippen LogP contribution in [0.15, 0.2) is 42.5 Å². The predicted octanol–water partition coefficient (Wildman–Crippen LogP) is 2.37. The van der Waals surface area contributed by atoms with Crippen LogP contribution in [-0.4, -0.2) is 38.4 Å². The zero-order chi connectivity index (χ0) is 17.3. The number of para-hydroxylation sites is 1. The van der Waals surface area contributed by atoms with Gasteiger partial charge in [0.2, 0.25) is 0 Å². The Balaban J connectivity index is 1.49. The Hall–Kier alpha value is -2.53. The molecule has 1 N–H and O–H groups in total.